The standard InChI is InChI=1S/C24H41FN6O/c1-26-24(28-21-9-14-29(15-10-21)13-6-20-32-2)27-11-5-12-30-16-18-31(19-17-30)23-8-4-3-7-22(23)25/h3-4,7-8,21H,5-6,9-20H2,1-2H3,(H2,26,27,28). The molecule has 1 aromatic carbocycles. The van der Waals surface area contributed by atoms with Crippen LogP contribution in [0.25, 0.3) is 0 Å². The summed E-state index contributed by atoms with van der Waals surface area (Å²) in [5.41, 5.74) is 0.726. The molecule has 2 saturated heterocycles. The Labute approximate surface area is 193 Å². The third-order valence-electron chi connectivity index (χ3n) is 6.48. The number of methoxy groups -OCH3 is 1. The quantitative estimate of drug-likeness (QED) is 0.324. The molecule has 0 aromatic heterocycles. The molecule has 180 valence electrons. The van der Waals surface area contributed by atoms with Crippen LogP contribution in [0.5, 0.6) is 0 Å². The van der Waals surface area contributed by atoms with E-state index in [2.05, 4.69) is 30.3 Å². The molecule has 0 spiro atoms. The highest BCUT2D eigenvalue weighted by atomic mass is 19.1. The number of likely N-dealkylation sites (tertiary alicyclic amines) is 1. The molecule has 2 aliphatic heterocycles. The van der Waals surface area contributed by atoms with Crippen LogP contribution in [0.1, 0.15) is 25.7 Å². The lowest BCUT2D eigenvalue weighted by Crippen LogP contribution is -2.49. The van der Waals surface area contributed by atoms with Crippen molar-refractivity contribution in [1.82, 2.24) is 20.4 Å². The number of rotatable bonds is 10. The van der Waals surface area contributed by atoms with Crippen molar-refractivity contribution in [3.05, 3.63) is 30.1 Å². The van der Waals surface area contributed by atoms with Crippen molar-refractivity contribution in [2.24, 2.45) is 4.99 Å². The van der Waals surface area contributed by atoms with Crippen LogP contribution < -0.4 is 15.5 Å². The van der Waals surface area contributed by atoms with Gasteiger partial charge >= 0.3 is 0 Å². The number of anilines is 1. The van der Waals surface area contributed by atoms with E-state index >= 15 is 0 Å². The van der Waals surface area contributed by atoms with Gasteiger partial charge < -0.3 is 25.2 Å². The first-order valence-corrected chi connectivity index (χ1v) is 12.1. The largest absolute Gasteiger partial charge is 0.385 e. The zero-order valence-corrected chi connectivity index (χ0v) is 19.9. The van der Waals surface area contributed by atoms with E-state index in [9.17, 15) is 4.39 Å². The second-order valence-electron chi connectivity index (χ2n) is 8.74. The molecule has 2 fully saturated rings. The smallest absolute Gasteiger partial charge is 0.191 e. The summed E-state index contributed by atoms with van der Waals surface area (Å²) in [6.07, 6.45) is 4.48. The number of nitrogens with one attached hydrogen (secondary N) is 2. The van der Waals surface area contributed by atoms with Gasteiger partial charge in [-0.1, -0.05) is 12.1 Å². The number of benzene rings is 1. The van der Waals surface area contributed by atoms with Crippen molar-refractivity contribution in [2.75, 3.05) is 84.6 Å². The van der Waals surface area contributed by atoms with E-state index in [0.29, 0.717) is 6.04 Å². The predicted octanol–water partition coefficient (Wildman–Crippen LogP) is 2.00. The lowest BCUT2D eigenvalue weighted by molar-refractivity contribution is 0.155. The molecule has 32 heavy (non-hydrogen) atoms. The Kier molecular flexibility index (Phi) is 10.5. The first-order valence-electron chi connectivity index (χ1n) is 12.1. The van der Waals surface area contributed by atoms with E-state index in [1.54, 1.807) is 19.2 Å². The van der Waals surface area contributed by atoms with Crippen LogP contribution in [0.3, 0.4) is 0 Å². The van der Waals surface area contributed by atoms with Gasteiger partial charge in [-0.25, -0.2) is 4.39 Å². The van der Waals surface area contributed by atoms with Crippen LogP contribution in [0, 0.1) is 5.82 Å². The molecule has 7 nitrogen and oxygen atoms in total. The molecule has 0 aliphatic carbocycles. The number of hydrogen-bond donors (Lipinski definition) is 2. The van der Waals surface area contributed by atoms with E-state index in [-0.39, 0.29) is 5.82 Å². The summed E-state index contributed by atoms with van der Waals surface area (Å²) in [5, 5.41) is 7.07. The van der Waals surface area contributed by atoms with Crippen LogP contribution >= 0.6 is 0 Å². The van der Waals surface area contributed by atoms with Crippen molar-refractivity contribution in [3.63, 3.8) is 0 Å². The van der Waals surface area contributed by atoms with E-state index < -0.39 is 0 Å². The van der Waals surface area contributed by atoms with Gasteiger partial charge in [0.05, 0.1) is 5.69 Å². The number of halogens is 1. The van der Waals surface area contributed by atoms with Crippen molar-refractivity contribution >= 4 is 11.6 Å². The van der Waals surface area contributed by atoms with E-state index in [4.69, 9.17) is 4.74 Å². The van der Waals surface area contributed by atoms with Gasteiger partial charge in [-0.2, -0.15) is 0 Å². The molecule has 2 aliphatic rings. The predicted molar refractivity (Wildman–Crippen MR) is 130 cm³/mol. The Morgan fingerprint density at radius 3 is 2.41 bits per heavy atom. The molecule has 0 bridgehead atoms. The van der Waals surface area contributed by atoms with Gasteiger partial charge in [0.1, 0.15) is 5.82 Å². The van der Waals surface area contributed by atoms with Gasteiger partial charge in [-0.05, 0) is 44.4 Å². The van der Waals surface area contributed by atoms with Gasteiger partial charge in [0.2, 0.25) is 0 Å². The molecular formula is C24H41FN6O. The number of ether oxygens (including phenoxy) is 1. The average Bonchev–Trinajstić information content (AvgIpc) is 2.83. The Balaban J connectivity index is 1.26. The number of para-hydroxylation sites is 1. The van der Waals surface area contributed by atoms with Gasteiger partial charge in [0.15, 0.2) is 5.96 Å². The van der Waals surface area contributed by atoms with Crippen molar-refractivity contribution in [1.29, 1.82) is 0 Å². The number of guanidine groups is 1. The third-order valence-corrected chi connectivity index (χ3v) is 6.48. The maximum atomic E-state index is 14.0. The molecule has 0 unspecified atom stereocenters. The number of hydrogen-bond acceptors (Lipinski definition) is 5. The van der Waals surface area contributed by atoms with Gasteiger partial charge in [0, 0.05) is 79.2 Å². The van der Waals surface area contributed by atoms with Crippen molar-refractivity contribution < 1.29 is 9.13 Å². The molecule has 8 heteroatoms. The lowest BCUT2D eigenvalue weighted by Gasteiger charge is -2.36. The Morgan fingerprint density at radius 2 is 1.72 bits per heavy atom. The fraction of sp³-hybridized carbons (Fsp3) is 0.708. The maximum Gasteiger partial charge on any atom is 0.191 e. The van der Waals surface area contributed by atoms with E-state index in [1.807, 2.05) is 19.2 Å². The summed E-state index contributed by atoms with van der Waals surface area (Å²) in [4.78, 5) is 11.6. The molecule has 0 atom stereocenters. The van der Waals surface area contributed by atoms with Crippen LogP contribution in [-0.4, -0.2) is 101 Å². The van der Waals surface area contributed by atoms with E-state index in [0.717, 1.165) is 103 Å². The second-order valence-corrected chi connectivity index (χ2v) is 8.74. The molecule has 0 amide bonds. The summed E-state index contributed by atoms with van der Waals surface area (Å²) in [5.74, 6) is 0.785. The average molecular weight is 449 g/mol. The highest BCUT2D eigenvalue weighted by Crippen LogP contribution is 2.20. The number of piperazine rings is 1. The fourth-order valence-electron chi connectivity index (χ4n) is 4.55. The normalized spacial score (nSPS) is 19.3. The third kappa shape index (κ3) is 7.90. The van der Waals surface area contributed by atoms with Crippen molar-refractivity contribution in [3.8, 4) is 0 Å². The van der Waals surface area contributed by atoms with Crippen LogP contribution in [0.4, 0.5) is 10.1 Å². The first kappa shape index (κ1) is 24.7. The molecule has 2 N–H and O–H groups in total. The molecular weight excluding hydrogens is 407 g/mol. The van der Waals surface area contributed by atoms with E-state index in [1.165, 1.54) is 0 Å². The van der Waals surface area contributed by atoms with Crippen LogP contribution in [0.2, 0.25) is 0 Å². The lowest BCUT2D eigenvalue weighted by atomic mass is 10.1. The summed E-state index contributed by atoms with van der Waals surface area (Å²) in [7, 11) is 3.61. The maximum absolute atomic E-state index is 14.0. The van der Waals surface area contributed by atoms with Gasteiger partial charge in [-0.3, -0.25) is 9.89 Å². The summed E-state index contributed by atoms with van der Waals surface area (Å²) < 4.78 is 19.1. The number of nitrogens with zero attached hydrogens (tertiary/aromatic N) is 4. The summed E-state index contributed by atoms with van der Waals surface area (Å²) in [6, 6.07) is 7.56. The SMILES string of the molecule is CN=C(NCCCN1CCN(c2ccccc2F)CC1)NC1CCN(CCCOC)CC1. The second kappa shape index (κ2) is 13.6. The minimum atomic E-state index is -0.124. The monoisotopic (exact) mass is 448 g/mol. The topological polar surface area (TPSA) is 55.4 Å². The Morgan fingerprint density at radius 1 is 1.03 bits per heavy atom. The van der Waals surface area contributed by atoms with Crippen molar-refractivity contribution in [2.45, 2.75) is 31.7 Å². The Bertz CT molecular complexity index is 687. The summed E-state index contributed by atoms with van der Waals surface area (Å²) >= 11 is 0. The molecule has 2 heterocycles. The fourth-order valence-corrected chi connectivity index (χ4v) is 4.55. The highest BCUT2D eigenvalue weighted by Gasteiger charge is 2.20. The number of aliphatic imine (C=N–C) groups is 1. The van der Waals surface area contributed by atoms with Gasteiger partial charge in [0.25, 0.3) is 0 Å². The first-order chi connectivity index (χ1) is 15.7. The molecule has 0 radical (unpaired) electrons. The minimum absolute atomic E-state index is 0.124. The molecule has 3 rings (SSSR count). The summed E-state index contributed by atoms with van der Waals surface area (Å²) in [6.45, 7) is 9.91. The van der Waals surface area contributed by atoms with Gasteiger partial charge in [-0.15, -0.1) is 0 Å². The zero-order chi connectivity index (χ0) is 22.6. The van der Waals surface area contributed by atoms with Crippen LogP contribution in [0.15, 0.2) is 29.3 Å². The Hall–Kier alpha value is -1.90. The number of piperidine rings is 1. The molecule has 1 aromatic rings. The van der Waals surface area contributed by atoms with Crippen LogP contribution in [-0.2, 0) is 4.74 Å². The minimum Gasteiger partial charge on any atom is -0.385 e. The molecule has 0 saturated carbocycles. The zero-order valence-electron chi connectivity index (χ0n) is 19.9. The highest BCUT2D eigenvalue weighted by molar-refractivity contribution is 5.79.